The fourth-order valence-corrected chi connectivity index (χ4v) is 3.30. The molecule has 0 spiro atoms. The third kappa shape index (κ3) is 4.18. The molecule has 1 amide bonds. The molecule has 1 aliphatic carbocycles. The van der Waals surface area contributed by atoms with Gasteiger partial charge in [0.2, 0.25) is 5.91 Å². The van der Waals surface area contributed by atoms with Crippen molar-refractivity contribution >= 4 is 5.91 Å². The summed E-state index contributed by atoms with van der Waals surface area (Å²) >= 11 is 0. The van der Waals surface area contributed by atoms with Crippen LogP contribution < -0.4 is 5.73 Å². The smallest absolute Gasteiger partial charge is 0.225 e. The highest BCUT2D eigenvalue weighted by atomic mass is 16.5. The lowest BCUT2D eigenvalue weighted by molar-refractivity contribution is -0.137. The maximum Gasteiger partial charge on any atom is 0.225 e. The molecule has 110 valence electrons. The number of nitrogens with zero attached hydrogens (tertiary/aromatic N) is 1. The molecule has 2 rings (SSSR count). The summed E-state index contributed by atoms with van der Waals surface area (Å²) < 4.78 is 5.71. The van der Waals surface area contributed by atoms with Crippen molar-refractivity contribution in [1.29, 1.82) is 0 Å². The second-order valence-corrected chi connectivity index (χ2v) is 6.16. The van der Waals surface area contributed by atoms with Crippen LogP contribution in [0.15, 0.2) is 0 Å². The van der Waals surface area contributed by atoms with Crippen molar-refractivity contribution in [2.45, 2.75) is 51.0 Å². The number of amides is 1. The zero-order valence-electron chi connectivity index (χ0n) is 12.1. The fraction of sp³-hybridized carbons (Fsp3) is 0.933. The number of ether oxygens (including phenoxy) is 1. The van der Waals surface area contributed by atoms with E-state index in [0.29, 0.717) is 11.8 Å². The van der Waals surface area contributed by atoms with Crippen LogP contribution in [0.1, 0.15) is 44.9 Å². The first-order valence-corrected chi connectivity index (χ1v) is 7.77. The number of hydrogen-bond acceptors (Lipinski definition) is 3. The summed E-state index contributed by atoms with van der Waals surface area (Å²) in [6.07, 6.45) is 7.99. The fourth-order valence-electron chi connectivity index (χ4n) is 3.30. The minimum atomic E-state index is 0.219. The Balaban J connectivity index is 1.75. The molecule has 2 aliphatic rings. The van der Waals surface area contributed by atoms with Gasteiger partial charge in [-0.2, -0.15) is 0 Å². The van der Waals surface area contributed by atoms with Gasteiger partial charge in [0.15, 0.2) is 0 Å². The maximum absolute atomic E-state index is 12.4. The minimum Gasteiger partial charge on any atom is -0.376 e. The summed E-state index contributed by atoms with van der Waals surface area (Å²) in [5.74, 6) is 1.16. The molecule has 1 atom stereocenters. The average Bonchev–Trinajstić information content (AvgIpc) is 2.47. The van der Waals surface area contributed by atoms with Gasteiger partial charge in [-0.1, -0.05) is 0 Å². The molecule has 2 fully saturated rings. The Morgan fingerprint density at radius 2 is 1.95 bits per heavy atom. The monoisotopic (exact) mass is 268 g/mol. The predicted molar refractivity (Wildman–Crippen MR) is 75.7 cm³/mol. The van der Waals surface area contributed by atoms with E-state index < -0.39 is 0 Å². The summed E-state index contributed by atoms with van der Waals surface area (Å²) in [4.78, 5) is 14.3. The molecule has 2 N–H and O–H groups in total. The molecule has 1 saturated heterocycles. The Bertz CT molecular complexity index is 282. The van der Waals surface area contributed by atoms with Gasteiger partial charge in [0.05, 0.1) is 6.10 Å². The van der Waals surface area contributed by atoms with Crippen LogP contribution in [0.5, 0.6) is 0 Å². The second-order valence-electron chi connectivity index (χ2n) is 6.16. The minimum absolute atomic E-state index is 0.219. The average molecular weight is 268 g/mol. The van der Waals surface area contributed by atoms with Crippen molar-refractivity contribution in [3.63, 3.8) is 0 Å². The maximum atomic E-state index is 12.4. The number of carbonyl (C=O) groups excluding carboxylic acids is 1. The van der Waals surface area contributed by atoms with Crippen LogP contribution in [0.25, 0.3) is 0 Å². The van der Waals surface area contributed by atoms with Gasteiger partial charge in [0.25, 0.3) is 0 Å². The zero-order chi connectivity index (χ0) is 13.7. The van der Waals surface area contributed by atoms with Crippen molar-refractivity contribution in [2.75, 3.05) is 26.7 Å². The van der Waals surface area contributed by atoms with Crippen molar-refractivity contribution in [2.24, 2.45) is 17.6 Å². The van der Waals surface area contributed by atoms with E-state index in [1.54, 1.807) is 0 Å². The predicted octanol–water partition coefficient (Wildman–Crippen LogP) is 1.78. The summed E-state index contributed by atoms with van der Waals surface area (Å²) in [7, 11) is 1.93. The topological polar surface area (TPSA) is 55.6 Å². The molecule has 0 aromatic rings. The van der Waals surface area contributed by atoms with E-state index in [-0.39, 0.29) is 12.0 Å². The SMILES string of the molecule is CN(CC1CCCCO1)C(=O)C1CCC(CN)CC1. The van der Waals surface area contributed by atoms with Gasteiger partial charge < -0.3 is 15.4 Å². The number of carbonyl (C=O) groups is 1. The largest absolute Gasteiger partial charge is 0.376 e. The highest BCUT2D eigenvalue weighted by Gasteiger charge is 2.28. The highest BCUT2D eigenvalue weighted by molar-refractivity contribution is 5.78. The van der Waals surface area contributed by atoms with E-state index in [4.69, 9.17) is 10.5 Å². The first-order chi connectivity index (χ1) is 9.20. The number of hydrogen-bond donors (Lipinski definition) is 1. The quantitative estimate of drug-likeness (QED) is 0.845. The molecule has 0 aromatic carbocycles. The van der Waals surface area contributed by atoms with Crippen molar-refractivity contribution < 1.29 is 9.53 Å². The molecule has 0 aromatic heterocycles. The molecule has 4 heteroatoms. The molecule has 1 unspecified atom stereocenters. The summed E-state index contributed by atoms with van der Waals surface area (Å²) in [6.45, 7) is 2.39. The van der Waals surface area contributed by atoms with Crippen molar-refractivity contribution in [3.8, 4) is 0 Å². The summed E-state index contributed by atoms with van der Waals surface area (Å²) in [5, 5.41) is 0. The third-order valence-corrected chi connectivity index (χ3v) is 4.66. The van der Waals surface area contributed by atoms with E-state index in [2.05, 4.69) is 0 Å². The second kappa shape index (κ2) is 7.25. The van der Waals surface area contributed by atoms with Gasteiger partial charge in [0.1, 0.15) is 0 Å². The zero-order valence-corrected chi connectivity index (χ0v) is 12.1. The number of rotatable bonds is 4. The Morgan fingerprint density at radius 1 is 1.21 bits per heavy atom. The summed E-state index contributed by atoms with van der Waals surface area (Å²) in [6, 6.07) is 0. The van der Waals surface area contributed by atoms with Crippen LogP contribution >= 0.6 is 0 Å². The van der Waals surface area contributed by atoms with Crippen LogP contribution in [-0.2, 0) is 9.53 Å². The lowest BCUT2D eigenvalue weighted by Crippen LogP contribution is -2.41. The van der Waals surface area contributed by atoms with Gasteiger partial charge in [-0.15, -0.1) is 0 Å². The van der Waals surface area contributed by atoms with Crippen LogP contribution in [0.3, 0.4) is 0 Å². The first kappa shape index (κ1) is 14.8. The van der Waals surface area contributed by atoms with Gasteiger partial charge in [-0.05, 0) is 57.4 Å². The van der Waals surface area contributed by atoms with Gasteiger partial charge in [-0.25, -0.2) is 0 Å². The number of nitrogens with two attached hydrogens (primary N) is 1. The normalized spacial score (nSPS) is 32.0. The van der Waals surface area contributed by atoms with Gasteiger partial charge in [-0.3, -0.25) is 4.79 Å². The van der Waals surface area contributed by atoms with E-state index in [1.165, 1.54) is 6.42 Å². The first-order valence-electron chi connectivity index (χ1n) is 7.77. The van der Waals surface area contributed by atoms with E-state index >= 15 is 0 Å². The third-order valence-electron chi connectivity index (χ3n) is 4.66. The Kier molecular flexibility index (Phi) is 5.64. The summed E-state index contributed by atoms with van der Waals surface area (Å²) in [5.41, 5.74) is 5.70. The van der Waals surface area contributed by atoms with Crippen LogP contribution in [0, 0.1) is 11.8 Å². The molecule has 0 radical (unpaired) electrons. The van der Waals surface area contributed by atoms with E-state index in [9.17, 15) is 4.79 Å². The van der Waals surface area contributed by atoms with Crippen molar-refractivity contribution in [1.82, 2.24) is 4.90 Å². The van der Waals surface area contributed by atoms with Crippen LogP contribution in [-0.4, -0.2) is 43.7 Å². The number of likely N-dealkylation sites (N-methyl/N-ethyl adjacent to an activating group) is 1. The molecule has 1 heterocycles. The highest BCUT2D eigenvalue weighted by Crippen LogP contribution is 2.29. The Hall–Kier alpha value is -0.610. The lowest BCUT2D eigenvalue weighted by Gasteiger charge is -2.32. The molecule has 0 bridgehead atoms. The molecule has 19 heavy (non-hydrogen) atoms. The van der Waals surface area contributed by atoms with Gasteiger partial charge in [0, 0.05) is 26.1 Å². The van der Waals surface area contributed by atoms with E-state index in [1.807, 2.05) is 11.9 Å². The molecular formula is C15H28N2O2. The standard InChI is InChI=1S/C15H28N2O2/c1-17(11-14-4-2-3-9-19-14)15(18)13-7-5-12(10-16)6-8-13/h12-14H,2-11,16H2,1H3. The van der Waals surface area contributed by atoms with Crippen molar-refractivity contribution in [3.05, 3.63) is 0 Å². The molecule has 1 aliphatic heterocycles. The van der Waals surface area contributed by atoms with Gasteiger partial charge >= 0.3 is 0 Å². The molecule has 4 nitrogen and oxygen atoms in total. The van der Waals surface area contributed by atoms with E-state index in [0.717, 1.165) is 58.2 Å². The molecule has 1 saturated carbocycles. The Morgan fingerprint density at radius 3 is 2.53 bits per heavy atom. The Labute approximate surface area is 116 Å². The van der Waals surface area contributed by atoms with Crippen LogP contribution in [0.2, 0.25) is 0 Å². The van der Waals surface area contributed by atoms with Crippen LogP contribution in [0.4, 0.5) is 0 Å². The molecular weight excluding hydrogens is 240 g/mol. The lowest BCUT2D eigenvalue weighted by atomic mass is 9.81.